The zero-order valence-electron chi connectivity index (χ0n) is 15.0. The Bertz CT molecular complexity index is 1180. The Hall–Kier alpha value is -3.90. The van der Waals surface area contributed by atoms with Crippen LogP contribution in [0.1, 0.15) is 16.7 Å². The maximum absolute atomic E-state index is 13.1. The highest BCUT2D eigenvalue weighted by molar-refractivity contribution is 6.19. The van der Waals surface area contributed by atoms with Gasteiger partial charge in [0, 0.05) is 36.6 Å². The molecule has 0 amide bonds. The number of halogens is 6. The number of carboxylic acid groups (broad SMARTS) is 1. The maximum Gasteiger partial charge on any atom is 0.416 e. The normalized spacial score (nSPS) is 12.8. The van der Waals surface area contributed by atoms with Gasteiger partial charge in [0.2, 0.25) is 0 Å². The van der Waals surface area contributed by atoms with Crippen LogP contribution >= 0.6 is 0 Å². The van der Waals surface area contributed by atoms with Crippen molar-refractivity contribution in [3.8, 4) is 5.69 Å². The van der Waals surface area contributed by atoms with Crippen molar-refractivity contribution in [1.82, 2.24) is 19.1 Å². The lowest BCUT2D eigenvalue weighted by Gasteiger charge is -2.14. The van der Waals surface area contributed by atoms with Gasteiger partial charge in [-0.1, -0.05) is 0 Å². The van der Waals surface area contributed by atoms with Crippen LogP contribution in [0.2, 0.25) is 0 Å². The van der Waals surface area contributed by atoms with E-state index in [0.29, 0.717) is 21.3 Å². The predicted molar refractivity (Wildman–Crippen MR) is 93.9 cm³/mol. The molecule has 1 N–H and O–H groups in total. The van der Waals surface area contributed by atoms with Crippen molar-refractivity contribution in [2.75, 3.05) is 0 Å². The molecular formula is C18H10F6N4O3. The molecule has 2 aromatic heterocycles. The van der Waals surface area contributed by atoms with E-state index in [0.717, 1.165) is 37.3 Å². The van der Waals surface area contributed by atoms with Crippen molar-refractivity contribution in [3.63, 3.8) is 0 Å². The number of aromatic nitrogens is 4. The third kappa shape index (κ3) is 4.65. The van der Waals surface area contributed by atoms with E-state index in [4.69, 9.17) is 0 Å². The molecule has 0 radical (unpaired) electrons. The van der Waals surface area contributed by atoms with Crippen LogP contribution in [0, 0.1) is 0 Å². The number of nitrogens with zero attached hydrogens (tertiary/aromatic N) is 4. The van der Waals surface area contributed by atoms with Crippen LogP contribution in [0.4, 0.5) is 26.3 Å². The van der Waals surface area contributed by atoms with E-state index < -0.39 is 46.4 Å². The fourth-order valence-corrected chi connectivity index (χ4v) is 2.59. The van der Waals surface area contributed by atoms with Crippen LogP contribution in [0.25, 0.3) is 17.5 Å². The molecule has 0 aliphatic rings. The van der Waals surface area contributed by atoms with E-state index in [9.17, 15) is 41.0 Å². The van der Waals surface area contributed by atoms with Crippen molar-refractivity contribution in [1.29, 1.82) is 0 Å². The molecule has 7 nitrogen and oxygen atoms in total. The SMILES string of the molecule is O=C(O)/C(=C/n1ccn(-c2cc(C(F)(F)F)cc(C(F)(F)F)c2)c1=O)c1cncnc1. The molecule has 0 aliphatic heterocycles. The highest BCUT2D eigenvalue weighted by Crippen LogP contribution is 2.36. The Balaban J connectivity index is 2.15. The number of aliphatic carboxylic acids is 1. The minimum absolute atomic E-state index is 0.0214. The van der Waals surface area contributed by atoms with Crippen molar-refractivity contribution in [3.05, 3.63) is 76.5 Å². The standard InChI is InChI=1S/C18H10F6N4O3/c19-17(20,21)11-3-12(18(22,23)24)5-13(4-11)28-2-1-27(16(28)31)8-14(15(29)30)10-6-25-9-26-7-10/h1-9H,(H,29,30)/b14-8+. The van der Waals surface area contributed by atoms with Gasteiger partial charge in [0.15, 0.2) is 0 Å². The molecular weight excluding hydrogens is 434 g/mol. The van der Waals surface area contributed by atoms with Gasteiger partial charge in [0.1, 0.15) is 6.33 Å². The molecule has 0 aliphatic carbocycles. The number of alkyl halides is 6. The molecule has 2 heterocycles. The first-order valence-electron chi connectivity index (χ1n) is 8.18. The summed E-state index contributed by atoms with van der Waals surface area (Å²) in [5.41, 5.74) is -5.39. The molecule has 0 fully saturated rings. The molecule has 13 heteroatoms. The van der Waals surface area contributed by atoms with Crippen molar-refractivity contribution in [2.45, 2.75) is 12.4 Å². The van der Waals surface area contributed by atoms with Gasteiger partial charge in [0.05, 0.1) is 22.4 Å². The number of carbonyl (C=O) groups is 1. The van der Waals surface area contributed by atoms with E-state index in [1.807, 2.05) is 0 Å². The number of carboxylic acids is 1. The summed E-state index contributed by atoms with van der Waals surface area (Å²) in [7, 11) is 0. The zero-order chi connectivity index (χ0) is 23.0. The molecule has 0 unspecified atom stereocenters. The van der Waals surface area contributed by atoms with Gasteiger partial charge in [-0.25, -0.2) is 19.6 Å². The average molecular weight is 444 g/mol. The highest BCUT2D eigenvalue weighted by atomic mass is 19.4. The van der Waals surface area contributed by atoms with Crippen LogP contribution in [-0.2, 0) is 17.1 Å². The minimum atomic E-state index is -5.09. The van der Waals surface area contributed by atoms with Crippen LogP contribution in [0.5, 0.6) is 0 Å². The lowest BCUT2D eigenvalue weighted by atomic mass is 10.1. The summed E-state index contributed by atoms with van der Waals surface area (Å²) in [4.78, 5) is 31.4. The lowest BCUT2D eigenvalue weighted by Crippen LogP contribution is -2.22. The van der Waals surface area contributed by atoms with E-state index in [-0.39, 0.29) is 11.6 Å². The Labute approximate surface area is 168 Å². The summed E-state index contributed by atoms with van der Waals surface area (Å²) in [6, 6.07) is 0.699. The largest absolute Gasteiger partial charge is 0.478 e. The number of hydrogen-bond acceptors (Lipinski definition) is 4. The van der Waals surface area contributed by atoms with Gasteiger partial charge in [-0.05, 0) is 18.2 Å². The van der Waals surface area contributed by atoms with E-state index in [1.54, 1.807) is 0 Å². The number of hydrogen-bond donors (Lipinski definition) is 1. The predicted octanol–water partition coefficient (Wildman–Crippen LogP) is 3.55. The fourth-order valence-electron chi connectivity index (χ4n) is 2.59. The number of rotatable bonds is 4. The summed E-state index contributed by atoms with van der Waals surface area (Å²) in [5.74, 6) is -1.46. The van der Waals surface area contributed by atoms with Crippen LogP contribution in [0.3, 0.4) is 0 Å². The van der Waals surface area contributed by atoms with Gasteiger partial charge in [-0.15, -0.1) is 0 Å². The molecule has 3 rings (SSSR count). The van der Waals surface area contributed by atoms with Crippen molar-refractivity contribution in [2.24, 2.45) is 0 Å². The summed E-state index contributed by atoms with van der Waals surface area (Å²) in [6.45, 7) is 0. The first-order chi connectivity index (χ1) is 14.4. The topological polar surface area (TPSA) is 90.0 Å². The van der Waals surface area contributed by atoms with Gasteiger partial charge < -0.3 is 5.11 Å². The molecule has 0 atom stereocenters. The summed E-state index contributed by atoms with van der Waals surface area (Å²) >= 11 is 0. The van der Waals surface area contributed by atoms with Crippen LogP contribution in [-0.4, -0.2) is 30.2 Å². The van der Waals surface area contributed by atoms with E-state index >= 15 is 0 Å². The van der Waals surface area contributed by atoms with Gasteiger partial charge in [-0.3, -0.25) is 9.13 Å². The molecule has 0 bridgehead atoms. The monoisotopic (exact) mass is 444 g/mol. The molecule has 0 spiro atoms. The lowest BCUT2D eigenvalue weighted by molar-refractivity contribution is -0.143. The maximum atomic E-state index is 13.1. The highest BCUT2D eigenvalue weighted by Gasteiger charge is 2.37. The van der Waals surface area contributed by atoms with Crippen LogP contribution in [0.15, 0.2) is 54.1 Å². The van der Waals surface area contributed by atoms with Crippen LogP contribution < -0.4 is 5.69 Å². The van der Waals surface area contributed by atoms with E-state index in [2.05, 4.69) is 9.97 Å². The minimum Gasteiger partial charge on any atom is -0.478 e. The quantitative estimate of drug-likeness (QED) is 0.491. The van der Waals surface area contributed by atoms with E-state index in [1.165, 1.54) is 0 Å². The molecule has 1 aromatic carbocycles. The van der Waals surface area contributed by atoms with Gasteiger partial charge >= 0.3 is 24.0 Å². The summed E-state index contributed by atoms with van der Waals surface area (Å²) in [6.07, 6.45) is -4.00. The Kier molecular flexibility index (Phi) is 5.44. The smallest absolute Gasteiger partial charge is 0.416 e. The number of benzene rings is 1. The molecule has 3 aromatic rings. The first-order valence-corrected chi connectivity index (χ1v) is 8.18. The Morgan fingerprint density at radius 1 is 0.935 bits per heavy atom. The molecule has 0 saturated carbocycles. The number of imidazole rings is 1. The van der Waals surface area contributed by atoms with Gasteiger partial charge in [-0.2, -0.15) is 26.3 Å². The first kappa shape index (κ1) is 21.8. The van der Waals surface area contributed by atoms with Crippen molar-refractivity contribution < 1.29 is 36.2 Å². The van der Waals surface area contributed by atoms with Gasteiger partial charge in [0.25, 0.3) is 0 Å². The second-order valence-electron chi connectivity index (χ2n) is 6.10. The molecule has 0 saturated heterocycles. The zero-order valence-corrected chi connectivity index (χ0v) is 15.0. The third-order valence-electron chi connectivity index (χ3n) is 4.02. The Morgan fingerprint density at radius 3 is 1.97 bits per heavy atom. The fraction of sp³-hybridized carbons (Fsp3) is 0.111. The second-order valence-corrected chi connectivity index (χ2v) is 6.10. The molecule has 162 valence electrons. The Morgan fingerprint density at radius 2 is 1.48 bits per heavy atom. The molecule has 31 heavy (non-hydrogen) atoms. The summed E-state index contributed by atoms with van der Waals surface area (Å²) in [5, 5.41) is 9.36. The average Bonchev–Trinajstić information content (AvgIpc) is 3.05. The van der Waals surface area contributed by atoms with Crippen molar-refractivity contribution >= 4 is 17.7 Å². The second kappa shape index (κ2) is 7.74. The third-order valence-corrected chi connectivity index (χ3v) is 4.02. The summed E-state index contributed by atoms with van der Waals surface area (Å²) < 4.78 is 79.6.